The number of para-hydroxylation sites is 1. The van der Waals surface area contributed by atoms with E-state index in [4.69, 9.17) is 27.4 Å². The second-order valence-corrected chi connectivity index (χ2v) is 8.21. The third-order valence-electron chi connectivity index (χ3n) is 5.41. The van der Waals surface area contributed by atoms with Crippen LogP contribution in [-0.4, -0.2) is 68.6 Å². The molecule has 10 nitrogen and oxygen atoms in total. The van der Waals surface area contributed by atoms with E-state index in [9.17, 15) is 4.79 Å². The summed E-state index contributed by atoms with van der Waals surface area (Å²) in [7, 11) is 0. The number of carbonyl (C=O) groups is 1. The number of aromatic nitrogens is 4. The van der Waals surface area contributed by atoms with Gasteiger partial charge < -0.3 is 21.1 Å². The first-order chi connectivity index (χ1) is 15.3. The summed E-state index contributed by atoms with van der Waals surface area (Å²) < 4.78 is 0. The zero-order valence-corrected chi connectivity index (χ0v) is 18.7. The molecule has 1 fully saturated rings. The maximum Gasteiger partial charge on any atom is 0.317 e. The maximum absolute atomic E-state index is 11.1. The predicted molar refractivity (Wildman–Crippen MR) is 124 cm³/mol. The molecule has 32 heavy (non-hydrogen) atoms. The van der Waals surface area contributed by atoms with Crippen LogP contribution in [0.15, 0.2) is 24.3 Å². The Morgan fingerprint density at radius 1 is 1.22 bits per heavy atom. The number of carboxylic acids is 1. The van der Waals surface area contributed by atoms with Crippen LogP contribution in [0.3, 0.4) is 0 Å². The minimum atomic E-state index is -0.820. The number of aliphatic carboxylic acids is 1. The first-order valence-electron chi connectivity index (χ1n) is 10.3. The van der Waals surface area contributed by atoms with Gasteiger partial charge in [0.1, 0.15) is 11.6 Å². The Hall–Kier alpha value is -3.24. The Balaban J connectivity index is 1.68. The van der Waals surface area contributed by atoms with Crippen molar-refractivity contribution >= 4 is 46.2 Å². The van der Waals surface area contributed by atoms with Crippen LogP contribution in [0.4, 0.5) is 17.7 Å². The van der Waals surface area contributed by atoms with Gasteiger partial charge in [-0.25, -0.2) is 4.98 Å². The molecule has 0 amide bonds. The fourth-order valence-electron chi connectivity index (χ4n) is 3.89. The molecular formula is C21H25ClN8O2. The quantitative estimate of drug-likeness (QED) is 0.507. The molecule has 0 bridgehead atoms. The van der Waals surface area contributed by atoms with Gasteiger partial charge in [-0.15, -0.1) is 0 Å². The Labute approximate surface area is 190 Å². The van der Waals surface area contributed by atoms with Crippen LogP contribution < -0.4 is 16.0 Å². The summed E-state index contributed by atoms with van der Waals surface area (Å²) in [6.45, 7) is 6.40. The number of carboxylic acid groups (broad SMARTS) is 1. The van der Waals surface area contributed by atoms with Gasteiger partial charge in [0, 0.05) is 37.1 Å². The van der Waals surface area contributed by atoms with Gasteiger partial charge in [0.05, 0.1) is 23.1 Å². The monoisotopic (exact) mass is 456 g/mol. The average Bonchev–Trinajstić information content (AvgIpc) is 2.72. The van der Waals surface area contributed by atoms with Crippen LogP contribution >= 0.6 is 11.6 Å². The van der Waals surface area contributed by atoms with E-state index in [1.165, 1.54) is 0 Å². The first kappa shape index (κ1) is 22.0. The number of halogens is 1. The van der Waals surface area contributed by atoms with Crippen molar-refractivity contribution in [2.75, 3.05) is 48.7 Å². The molecule has 1 aliphatic rings. The molecule has 4 N–H and O–H groups in total. The van der Waals surface area contributed by atoms with Crippen LogP contribution in [-0.2, 0) is 4.79 Å². The molecule has 1 atom stereocenters. The molecule has 11 heteroatoms. The number of nitrogen functional groups attached to an aromatic ring is 1. The standard InChI is InChI=1S/C21H25ClN8O2/c1-12(24-21-26-13(2)25-20(23)28-21)15-10-14-4-3-5-16(22)18(14)27-19(15)30-8-6-29(7-9-30)11-17(31)32/h3-5,10,12H,6-9,11H2,1-2H3,(H,31,32)(H3,23,24,25,26,28)/t12-/m0/s1. The summed E-state index contributed by atoms with van der Waals surface area (Å²) in [5, 5.41) is 13.9. The number of aryl methyl sites for hydroxylation is 1. The molecule has 0 radical (unpaired) electrons. The van der Waals surface area contributed by atoms with E-state index in [1.807, 2.05) is 30.0 Å². The lowest BCUT2D eigenvalue weighted by Crippen LogP contribution is -2.48. The number of hydrogen-bond donors (Lipinski definition) is 3. The van der Waals surface area contributed by atoms with E-state index in [2.05, 4.69) is 31.2 Å². The molecule has 4 rings (SSSR count). The van der Waals surface area contributed by atoms with Gasteiger partial charge >= 0.3 is 5.97 Å². The highest BCUT2D eigenvalue weighted by Gasteiger charge is 2.24. The SMILES string of the molecule is Cc1nc(N)nc(N[C@@H](C)c2cc3cccc(Cl)c3nc2N2CCN(CC(=O)O)CC2)n1. The normalized spacial score (nSPS) is 15.7. The van der Waals surface area contributed by atoms with E-state index < -0.39 is 5.97 Å². The molecule has 3 heterocycles. The highest BCUT2D eigenvalue weighted by Crippen LogP contribution is 2.33. The third kappa shape index (κ3) is 4.81. The maximum atomic E-state index is 11.1. The van der Waals surface area contributed by atoms with Crippen molar-refractivity contribution in [2.24, 2.45) is 0 Å². The number of nitrogens with zero attached hydrogens (tertiary/aromatic N) is 6. The van der Waals surface area contributed by atoms with E-state index in [0.29, 0.717) is 43.0 Å². The number of rotatable bonds is 6. The highest BCUT2D eigenvalue weighted by molar-refractivity contribution is 6.35. The lowest BCUT2D eigenvalue weighted by atomic mass is 10.0. The number of piperazine rings is 1. The van der Waals surface area contributed by atoms with E-state index >= 15 is 0 Å². The summed E-state index contributed by atoms with van der Waals surface area (Å²) in [6, 6.07) is 7.59. The molecule has 3 aromatic rings. The van der Waals surface area contributed by atoms with Gasteiger partial charge in [-0.3, -0.25) is 9.69 Å². The Bertz CT molecular complexity index is 1130. The van der Waals surface area contributed by atoms with E-state index in [-0.39, 0.29) is 18.5 Å². The number of pyridine rings is 1. The van der Waals surface area contributed by atoms with Crippen LogP contribution in [0.5, 0.6) is 0 Å². The summed E-state index contributed by atoms with van der Waals surface area (Å²) >= 11 is 6.43. The number of hydrogen-bond acceptors (Lipinski definition) is 9. The smallest absolute Gasteiger partial charge is 0.317 e. The van der Waals surface area contributed by atoms with Crippen molar-refractivity contribution in [1.29, 1.82) is 0 Å². The van der Waals surface area contributed by atoms with Crippen LogP contribution in [0.25, 0.3) is 10.9 Å². The number of anilines is 3. The van der Waals surface area contributed by atoms with Gasteiger partial charge in [-0.05, 0) is 26.0 Å². The second-order valence-electron chi connectivity index (χ2n) is 7.80. The molecule has 0 saturated carbocycles. The second kappa shape index (κ2) is 9.09. The summed E-state index contributed by atoms with van der Waals surface area (Å²) in [6.07, 6.45) is 0. The number of fused-ring (bicyclic) bond motifs is 1. The summed E-state index contributed by atoms with van der Waals surface area (Å²) in [5.41, 5.74) is 7.47. The minimum absolute atomic E-state index is 0.0375. The predicted octanol–water partition coefficient (Wildman–Crippen LogP) is 2.34. The molecule has 0 spiro atoms. The van der Waals surface area contributed by atoms with Crippen molar-refractivity contribution in [3.63, 3.8) is 0 Å². The number of nitrogens with two attached hydrogens (primary N) is 1. The van der Waals surface area contributed by atoms with Crippen LogP contribution in [0, 0.1) is 6.92 Å². The Kier molecular flexibility index (Phi) is 6.24. The molecule has 0 unspecified atom stereocenters. The number of benzene rings is 1. The lowest BCUT2D eigenvalue weighted by Gasteiger charge is -2.36. The van der Waals surface area contributed by atoms with E-state index in [0.717, 1.165) is 22.3 Å². The first-order valence-corrected chi connectivity index (χ1v) is 10.7. The molecule has 1 aromatic carbocycles. The molecular weight excluding hydrogens is 432 g/mol. The van der Waals surface area contributed by atoms with E-state index in [1.54, 1.807) is 6.92 Å². The molecule has 1 aliphatic heterocycles. The van der Waals surface area contributed by atoms with Crippen molar-refractivity contribution < 1.29 is 9.90 Å². The molecule has 168 valence electrons. The highest BCUT2D eigenvalue weighted by atomic mass is 35.5. The zero-order valence-electron chi connectivity index (χ0n) is 17.9. The summed E-state index contributed by atoms with van der Waals surface area (Å²) in [4.78, 5) is 32.6. The van der Waals surface area contributed by atoms with Crippen LogP contribution in [0.2, 0.25) is 5.02 Å². The van der Waals surface area contributed by atoms with Crippen molar-refractivity contribution in [1.82, 2.24) is 24.8 Å². The van der Waals surface area contributed by atoms with Gasteiger partial charge in [0.25, 0.3) is 0 Å². The fraction of sp³-hybridized carbons (Fsp3) is 0.381. The van der Waals surface area contributed by atoms with Gasteiger partial charge in [-0.1, -0.05) is 23.7 Å². The fourth-order valence-corrected chi connectivity index (χ4v) is 4.11. The average molecular weight is 457 g/mol. The minimum Gasteiger partial charge on any atom is -0.480 e. The lowest BCUT2D eigenvalue weighted by molar-refractivity contribution is -0.138. The zero-order chi connectivity index (χ0) is 22.8. The molecule has 1 saturated heterocycles. The van der Waals surface area contributed by atoms with Crippen LogP contribution in [0.1, 0.15) is 24.4 Å². The topological polar surface area (TPSA) is 133 Å². The number of nitrogens with one attached hydrogen (secondary N) is 1. The summed E-state index contributed by atoms with van der Waals surface area (Å²) in [5.74, 6) is 1.07. The van der Waals surface area contributed by atoms with Crippen molar-refractivity contribution in [3.8, 4) is 0 Å². The van der Waals surface area contributed by atoms with Gasteiger partial charge in [0.15, 0.2) is 0 Å². The van der Waals surface area contributed by atoms with Crippen molar-refractivity contribution in [2.45, 2.75) is 19.9 Å². The Morgan fingerprint density at radius 3 is 2.66 bits per heavy atom. The van der Waals surface area contributed by atoms with Gasteiger partial charge in [-0.2, -0.15) is 15.0 Å². The van der Waals surface area contributed by atoms with Crippen molar-refractivity contribution in [3.05, 3.63) is 40.7 Å². The largest absolute Gasteiger partial charge is 0.480 e. The third-order valence-corrected chi connectivity index (χ3v) is 5.72. The molecule has 2 aromatic heterocycles. The molecule has 0 aliphatic carbocycles. The Morgan fingerprint density at radius 2 is 1.97 bits per heavy atom. The van der Waals surface area contributed by atoms with Gasteiger partial charge in [0.2, 0.25) is 11.9 Å².